The predicted octanol–water partition coefficient (Wildman–Crippen LogP) is 3.39. The van der Waals surface area contributed by atoms with Gasteiger partial charge in [0.1, 0.15) is 0 Å². The van der Waals surface area contributed by atoms with Gasteiger partial charge in [-0.3, -0.25) is 11.3 Å². The Hall–Kier alpha value is -0.340. The van der Waals surface area contributed by atoms with Crippen LogP contribution < -0.4 is 11.3 Å². The monoisotopic (exact) mass is 224 g/mol. The van der Waals surface area contributed by atoms with Crippen LogP contribution in [0.5, 0.6) is 0 Å². The average Bonchev–Trinajstić information content (AvgIpc) is 2.35. The maximum Gasteiger partial charge on any atom is 0.0238 e. The molecule has 2 nitrogen and oxygen atoms in total. The second-order valence-electron chi connectivity index (χ2n) is 5.18. The standard InChI is InChI=1S/C14H28N2/c1-3-5-6-7-14(16-15)13-10-8-12(4-2)9-11-13/h3,12-14,16H,1,4-11,15H2,2H3. The van der Waals surface area contributed by atoms with Crippen LogP contribution in [0.4, 0.5) is 0 Å². The average molecular weight is 224 g/mol. The van der Waals surface area contributed by atoms with Gasteiger partial charge in [-0.05, 0) is 43.9 Å². The van der Waals surface area contributed by atoms with Gasteiger partial charge in [0, 0.05) is 6.04 Å². The van der Waals surface area contributed by atoms with E-state index in [-0.39, 0.29) is 0 Å². The van der Waals surface area contributed by atoms with Crippen molar-refractivity contribution in [3.63, 3.8) is 0 Å². The van der Waals surface area contributed by atoms with Gasteiger partial charge in [0.15, 0.2) is 0 Å². The van der Waals surface area contributed by atoms with Crippen LogP contribution in [0.25, 0.3) is 0 Å². The number of rotatable bonds is 7. The van der Waals surface area contributed by atoms with Crippen LogP contribution in [0.2, 0.25) is 0 Å². The number of hydrazine groups is 1. The van der Waals surface area contributed by atoms with E-state index in [9.17, 15) is 0 Å². The molecule has 1 aliphatic rings. The van der Waals surface area contributed by atoms with Crippen molar-refractivity contribution in [1.82, 2.24) is 5.43 Å². The van der Waals surface area contributed by atoms with Gasteiger partial charge in [0.2, 0.25) is 0 Å². The first kappa shape index (κ1) is 13.7. The summed E-state index contributed by atoms with van der Waals surface area (Å²) in [6.07, 6.45) is 12.4. The van der Waals surface area contributed by atoms with Crippen LogP contribution in [-0.4, -0.2) is 6.04 Å². The number of nitrogens with one attached hydrogen (secondary N) is 1. The third-order valence-corrected chi connectivity index (χ3v) is 4.18. The van der Waals surface area contributed by atoms with Gasteiger partial charge in [-0.2, -0.15) is 0 Å². The second-order valence-corrected chi connectivity index (χ2v) is 5.18. The van der Waals surface area contributed by atoms with Crippen molar-refractivity contribution in [2.24, 2.45) is 17.7 Å². The molecule has 0 bridgehead atoms. The van der Waals surface area contributed by atoms with E-state index < -0.39 is 0 Å². The molecule has 0 aromatic heterocycles. The van der Waals surface area contributed by atoms with Gasteiger partial charge in [0.25, 0.3) is 0 Å². The lowest BCUT2D eigenvalue weighted by Crippen LogP contribution is -2.42. The molecule has 2 heteroatoms. The third kappa shape index (κ3) is 4.26. The molecule has 1 unspecified atom stereocenters. The molecule has 16 heavy (non-hydrogen) atoms. The lowest BCUT2D eigenvalue weighted by Gasteiger charge is -2.33. The van der Waals surface area contributed by atoms with Crippen molar-refractivity contribution in [2.45, 2.75) is 64.3 Å². The van der Waals surface area contributed by atoms with Crippen molar-refractivity contribution in [3.05, 3.63) is 12.7 Å². The van der Waals surface area contributed by atoms with E-state index in [1.165, 1.54) is 44.9 Å². The largest absolute Gasteiger partial charge is 0.271 e. The fourth-order valence-electron chi connectivity index (χ4n) is 2.94. The smallest absolute Gasteiger partial charge is 0.0238 e. The summed E-state index contributed by atoms with van der Waals surface area (Å²) >= 11 is 0. The van der Waals surface area contributed by atoms with Crippen LogP contribution in [-0.2, 0) is 0 Å². The molecule has 1 saturated carbocycles. The molecule has 1 atom stereocenters. The quantitative estimate of drug-likeness (QED) is 0.301. The Bertz CT molecular complexity index is 183. The highest BCUT2D eigenvalue weighted by Crippen LogP contribution is 2.33. The maximum absolute atomic E-state index is 5.68. The minimum atomic E-state index is 0.526. The Balaban J connectivity index is 2.27. The summed E-state index contributed by atoms with van der Waals surface area (Å²) in [5, 5.41) is 0. The van der Waals surface area contributed by atoms with Crippen molar-refractivity contribution in [1.29, 1.82) is 0 Å². The van der Waals surface area contributed by atoms with Crippen molar-refractivity contribution in [2.75, 3.05) is 0 Å². The zero-order valence-electron chi connectivity index (χ0n) is 10.8. The second kappa shape index (κ2) is 7.86. The SMILES string of the molecule is C=CCCCC(NN)C1CCC(CC)CC1. The summed E-state index contributed by atoms with van der Waals surface area (Å²) in [5.41, 5.74) is 3.03. The number of hydrogen-bond acceptors (Lipinski definition) is 2. The number of allylic oxidation sites excluding steroid dienone is 1. The normalized spacial score (nSPS) is 27.6. The molecule has 0 radical (unpaired) electrons. The van der Waals surface area contributed by atoms with Crippen LogP contribution in [0.3, 0.4) is 0 Å². The Kier molecular flexibility index (Phi) is 6.74. The topological polar surface area (TPSA) is 38.0 Å². The minimum Gasteiger partial charge on any atom is -0.271 e. The van der Waals surface area contributed by atoms with E-state index in [4.69, 9.17) is 5.84 Å². The first-order valence-electron chi connectivity index (χ1n) is 6.88. The highest BCUT2D eigenvalue weighted by Gasteiger charge is 2.25. The van der Waals surface area contributed by atoms with Crippen LogP contribution >= 0.6 is 0 Å². The van der Waals surface area contributed by atoms with Gasteiger partial charge in [-0.1, -0.05) is 32.3 Å². The first-order chi connectivity index (χ1) is 7.81. The lowest BCUT2D eigenvalue weighted by molar-refractivity contribution is 0.210. The lowest BCUT2D eigenvalue weighted by atomic mass is 9.77. The van der Waals surface area contributed by atoms with Gasteiger partial charge >= 0.3 is 0 Å². The Labute approximate surface area is 101 Å². The summed E-state index contributed by atoms with van der Waals surface area (Å²) in [7, 11) is 0. The molecule has 3 N–H and O–H groups in total. The summed E-state index contributed by atoms with van der Waals surface area (Å²) in [4.78, 5) is 0. The molecule has 0 spiro atoms. The molecule has 1 aliphatic carbocycles. The van der Waals surface area contributed by atoms with Crippen molar-refractivity contribution in [3.8, 4) is 0 Å². The fourth-order valence-corrected chi connectivity index (χ4v) is 2.94. The Morgan fingerprint density at radius 1 is 1.38 bits per heavy atom. The Morgan fingerprint density at radius 2 is 2.06 bits per heavy atom. The highest BCUT2D eigenvalue weighted by atomic mass is 15.2. The summed E-state index contributed by atoms with van der Waals surface area (Å²) in [6, 6.07) is 0.526. The third-order valence-electron chi connectivity index (χ3n) is 4.18. The highest BCUT2D eigenvalue weighted by molar-refractivity contribution is 4.81. The molecule has 94 valence electrons. The van der Waals surface area contributed by atoms with E-state index in [1.54, 1.807) is 0 Å². The molecule has 0 saturated heterocycles. The zero-order valence-corrected chi connectivity index (χ0v) is 10.8. The van der Waals surface area contributed by atoms with E-state index in [0.717, 1.165) is 18.3 Å². The number of hydrogen-bond donors (Lipinski definition) is 2. The maximum atomic E-state index is 5.68. The van der Waals surface area contributed by atoms with E-state index >= 15 is 0 Å². The van der Waals surface area contributed by atoms with Crippen molar-refractivity contribution >= 4 is 0 Å². The molecular weight excluding hydrogens is 196 g/mol. The van der Waals surface area contributed by atoms with Crippen molar-refractivity contribution < 1.29 is 0 Å². The first-order valence-corrected chi connectivity index (χ1v) is 6.88. The molecule has 0 aromatic rings. The van der Waals surface area contributed by atoms with Gasteiger partial charge < -0.3 is 0 Å². The molecule has 1 rings (SSSR count). The summed E-state index contributed by atoms with van der Waals surface area (Å²) in [6.45, 7) is 6.08. The van der Waals surface area contributed by atoms with Gasteiger partial charge in [-0.15, -0.1) is 6.58 Å². The summed E-state index contributed by atoms with van der Waals surface area (Å²) in [5.74, 6) is 7.46. The van der Waals surface area contributed by atoms with Crippen LogP contribution in [0.1, 0.15) is 58.3 Å². The predicted molar refractivity (Wildman–Crippen MR) is 70.9 cm³/mol. The van der Waals surface area contributed by atoms with E-state index in [0.29, 0.717) is 6.04 Å². The minimum absolute atomic E-state index is 0.526. The van der Waals surface area contributed by atoms with Gasteiger partial charge in [-0.25, -0.2) is 0 Å². The molecular formula is C14H28N2. The molecule has 0 amide bonds. The Morgan fingerprint density at radius 3 is 2.56 bits per heavy atom. The van der Waals surface area contributed by atoms with Gasteiger partial charge in [0.05, 0.1) is 0 Å². The van der Waals surface area contributed by atoms with E-state index in [2.05, 4.69) is 18.9 Å². The van der Waals surface area contributed by atoms with Crippen LogP contribution in [0, 0.1) is 11.8 Å². The summed E-state index contributed by atoms with van der Waals surface area (Å²) < 4.78 is 0. The fraction of sp³-hybridized carbons (Fsp3) is 0.857. The van der Waals surface area contributed by atoms with Crippen LogP contribution in [0.15, 0.2) is 12.7 Å². The number of unbranched alkanes of at least 4 members (excludes halogenated alkanes) is 1. The van der Waals surface area contributed by atoms with E-state index in [1.807, 2.05) is 6.08 Å². The number of nitrogens with two attached hydrogens (primary N) is 1. The molecule has 0 aliphatic heterocycles. The zero-order chi connectivity index (χ0) is 11.8. The molecule has 0 aromatic carbocycles. The molecule has 0 heterocycles. The molecule has 1 fully saturated rings.